The second kappa shape index (κ2) is 8.11. The first-order valence-corrected chi connectivity index (χ1v) is 8.84. The van der Waals surface area contributed by atoms with E-state index in [-0.39, 0.29) is 5.91 Å². The number of hydrogen-bond acceptors (Lipinski definition) is 2. The van der Waals surface area contributed by atoms with Crippen molar-refractivity contribution in [1.82, 2.24) is 10.2 Å². The molecule has 0 saturated carbocycles. The van der Waals surface area contributed by atoms with E-state index in [1.807, 2.05) is 18.2 Å². The molecule has 1 heterocycles. The van der Waals surface area contributed by atoms with Crippen molar-refractivity contribution in [3.63, 3.8) is 0 Å². The molecule has 0 bridgehead atoms. The van der Waals surface area contributed by atoms with Crippen LogP contribution in [0.3, 0.4) is 0 Å². The van der Waals surface area contributed by atoms with E-state index < -0.39 is 0 Å². The monoisotopic (exact) mass is 322 g/mol. The fourth-order valence-electron chi connectivity index (χ4n) is 3.28. The lowest BCUT2D eigenvalue weighted by Gasteiger charge is -2.33. The highest BCUT2D eigenvalue weighted by Gasteiger charge is 2.20. The molecule has 0 saturated heterocycles. The fourth-order valence-corrected chi connectivity index (χ4v) is 3.28. The number of carbonyl (C=O) groups is 1. The number of rotatable bonds is 6. The Morgan fingerprint density at radius 2 is 1.79 bits per heavy atom. The minimum absolute atomic E-state index is 0.142. The Balaban J connectivity index is 1.42. The summed E-state index contributed by atoms with van der Waals surface area (Å²) in [6, 6.07) is 19.2. The van der Waals surface area contributed by atoms with Crippen LogP contribution in [0.1, 0.15) is 30.0 Å². The molecule has 1 unspecified atom stereocenters. The predicted octanol–water partition coefficient (Wildman–Crippen LogP) is 3.18. The number of nitrogens with zero attached hydrogens (tertiary/aromatic N) is 1. The van der Waals surface area contributed by atoms with Gasteiger partial charge in [0.25, 0.3) is 0 Å². The number of nitrogens with one attached hydrogen (secondary N) is 1. The Hall–Kier alpha value is -2.13. The van der Waals surface area contributed by atoms with E-state index in [1.54, 1.807) is 0 Å². The van der Waals surface area contributed by atoms with Crippen molar-refractivity contribution in [3.05, 3.63) is 71.3 Å². The zero-order valence-electron chi connectivity index (χ0n) is 14.4. The smallest absolute Gasteiger partial charge is 0.220 e. The molecule has 0 fully saturated rings. The zero-order chi connectivity index (χ0) is 16.8. The summed E-state index contributed by atoms with van der Waals surface area (Å²) in [5, 5.41) is 3.09. The van der Waals surface area contributed by atoms with E-state index in [0.29, 0.717) is 12.5 Å². The first-order chi connectivity index (χ1) is 11.7. The first-order valence-electron chi connectivity index (χ1n) is 8.84. The number of fused-ring (bicyclic) bond motifs is 1. The standard InChI is InChI=1S/C21H26N2O/c1-17(23-14-13-19-9-5-6-10-20(19)16-23)15-22-21(24)12-11-18-7-3-2-4-8-18/h2-10,17H,11-16H2,1H3,(H,22,24). The summed E-state index contributed by atoms with van der Waals surface area (Å²) in [6.07, 6.45) is 2.46. The molecular weight excluding hydrogens is 296 g/mol. The van der Waals surface area contributed by atoms with Crippen LogP contribution in [0, 0.1) is 0 Å². The molecule has 126 valence electrons. The minimum Gasteiger partial charge on any atom is -0.355 e. The van der Waals surface area contributed by atoms with Gasteiger partial charge in [0.1, 0.15) is 0 Å². The van der Waals surface area contributed by atoms with Gasteiger partial charge in [0.05, 0.1) is 0 Å². The van der Waals surface area contributed by atoms with Crippen LogP contribution in [0.25, 0.3) is 0 Å². The van der Waals surface area contributed by atoms with E-state index >= 15 is 0 Å². The lowest BCUT2D eigenvalue weighted by molar-refractivity contribution is -0.121. The number of amides is 1. The van der Waals surface area contributed by atoms with E-state index in [4.69, 9.17) is 0 Å². The number of carbonyl (C=O) groups excluding carboxylic acids is 1. The molecule has 0 aromatic heterocycles. The molecule has 2 aromatic carbocycles. The predicted molar refractivity (Wildman–Crippen MR) is 97.8 cm³/mol. The van der Waals surface area contributed by atoms with Gasteiger partial charge < -0.3 is 5.32 Å². The normalized spacial score (nSPS) is 15.5. The summed E-state index contributed by atoms with van der Waals surface area (Å²) in [6.45, 7) is 4.97. The number of hydrogen-bond donors (Lipinski definition) is 1. The van der Waals surface area contributed by atoms with E-state index in [0.717, 1.165) is 32.5 Å². The third-order valence-corrected chi connectivity index (χ3v) is 4.86. The quantitative estimate of drug-likeness (QED) is 0.886. The summed E-state index contributed by atoms with van der Waals surface area (Å²) in [4.78, 5) is 14.5. The summed E-state index contributed by atoms with van der Waals surface area (Å²) >= 11 is 0. The van der Waals surface area contributed by atoms with Gasteiger partial charge in [-0.15, -0.1) is 0 Å². The van der Waals surface area contributed by atoms with Crippen LogP contribution < -0.4 is 5.32 Å². The van der Waals surface area contributed by atoms with Crippen LogP contribution >= 0.6 is 0 Å². The maximum atomic E-state index is 12.1. The fraction of sp³-hybridized carbons (Fsp3) is 0.381. The van der Waals surface area contributed by atoms with Gasteiger partial charge in [-0.2, -0.15) is 0 Å². The highest BCUT2D eigenvalue weighted by atomic mass is 16.1. The van der Waals surface area contributed by atoms with Crippen molar-refractivity contribution < 1.29 is 4.79 Å². The van der Waals surface area contributed by atoms with Gasteiger partial charge in [-0.05, 0) is 36.5 Å². The Bertz CT molecular complexity index is 669. The molecule has 24 heavy (non-hydrogen) atoms. The molecule has 0 radical (unpaired) electrons. The SMILES string of the molecule is CC(CNC(=O)CCc1ccccc1)N1CCc2ccccc2C1. The Kier molecular flexibility index (Phi) is 5.65. The average Bonchev–Trinajstić information content (AvgIpc) is 2.65. The second-order valence-corrected chi connectivity index (χ2v) is 6.63. The second-order valence-electron chi connectivity index (χ2n) is 6.63. The van der Waals surface area contributed by atoms with Gasteiger partial charge in [0, 0.05) is 32.1 Å². The topological polar surface area (TPSA) is 32.3 Å². The van der Waals surface area contributed by atoms with E-state index in [9.17, 15) is 4.79 Å². The van der Waals surface area contributed by atoms with Gasteiger partial charge in [-0.25, -0.2) is 0 Å². The zero-order valence-corrected chi connectivity index (χ0v) is 14.4. The maximum absolute atomic E-state index is 12.1. The highest BCUT2D eigenvalue weighted by molar-refractivity contribution is 5.76. The van der Waals surface area contributed by atoms with Crippen molar-refractivity contribution in [2.45, 2.75) is 38.8 Å². The molecule has 3 rings (SSSR count). The van der Waals surface area contributed by atoms with Crippen molar-refractivity contribution in [1.29, 1.82) is 0 Å². The summed E-state index contributed by atoms with van der Waals surface area (Å²) < 4.78 is 0. The molecule has 0 aliphatic carbocycles. The molecule has 3 heteroatoms. The highest BCUT2D eigenvalue weighted by Crippen LogP contribution is 2.19. The molecule has 3 nitrogen and oxygen atoms in total. The molecule has 1 aliphatic rings. The minimum atomic E-state index is 0.142. The van der Waals surface area contributed by atoms with Crippen molar-refractivity contribution in [2.75, 3.05) is 13.1 Å². The maximum Gasteiger partial charge on any atom is 0.220 e. The van der Waals surface area contributed by atoms with Crippen molar-refractivity contribution in [3.8, 4) is 0 Å². The van der Waals surface area contributed by atoms with Gasteiger partial charge in [0.15, 0.2) is 0 Å². The van der Waals surface area contributed by atoms with Crippen molar-refractivity contribution >= 4 is 5.91 Å². The molecule has 2 aromatic rings. The summed E-state index contributed by atoms with van der Waals surface area (Å²) in [5.41, 5.74) is 4.10. The van der Waals surface area contributed by atoms with Crippen LogP contribution in [-0.4, -0.2) is 29.9 Å². The number of benzene rings is 2. The molecule has 0 spiro atoms. The van der Waals surface area contributed by atoms with Crippen LogP contribution in [-0.2, 0) is 24.2 Å². The third kappa shape index (κ3) is 4.45. The Labute approximate surface area is 144 Å². The lowest BCUT2D eigenvalue weighted by Crippen LogP contribution is -2.44. The Morgan fingerprint density at radius 3 is 2.58 bits per heavy atom. The van der Waals surface area contributed by atoms with Gasteiger partial charge in [-0.1, -0.05) is 54.6 Å². The van der Waals surface area contributed by atoms with Crippen LogP contribution in [0.2, 0.25) is 0 Å². The third-order valence-electron chi connectivity index (χ3n) is 4.86. The Morgan fingerprint density at radius 1 is 1.08 bits per heavy atom. The molecule has 1 atom stereocenters. The van der Waals surface area contributed by atoms with Crippen LogP contribution in [0.4, 0.5) is 0 Å². The number of aryl methyl sites for hydroxylation is 1. The molecule has 1 N–H and O–H groups in total. The largest absolute Gasteiger partial charge is 0.355 e. The average molecular weight is 322 g/mol. The van der Waals surface area contributed by atoms with E-state index in [1.165, 1.54) is 16.7 Å². The molecule has 1 aliphatic heterocycles. The van der Waals surface area contributed by atoms with E-state index in [2.05, 4.69) is 53.5 Å². The molecule has 1 amide bonds. The first kappa shape index (κ1) is 16.7. The van der Waals surface area contributed by atoms with Crippen LogP contribution in [0.5, 0.6) is 0 Å². The summed E-state index contributed by atoms with van der Waals surface area (Å²) in [7, 11) is 0. The van der Waals surface area contributed by atoms with Crippen LogP contribution in [0.15, 0.2) is 54.6 Å². The van der Waals surface area contributed by atoms with Gasteiger partial charge >= 0.3 is 0 Å². The van der Waals surface area contributed by atoms with Gasteiger partial charge in [0.2, 0.25) is 5.91 Å². The molecular formula is C21H26N2O. The summed E-state index contributed by atoms with van der Waals surface area (Å²) in [5.74, 6) is 0.142. The van der Waals surface area contributed by atoms with Gasteiger partial charge in [-0.3, -0.25) is 9.69 Å². The van der Waals surface area contributed by atoms with Crippen molar-refractivity contribution in [2.24, 2.45) is 0 Å². The lowest BCUT2D eigenvalue weighted by atomic mass is 9.99.